The van der Waals surface area contributed by atoms with Gasteiger partial charge in [0.25, 0.3) is 0 Å². The molecule has 2 aromatic rings. The highest BCUT2D eigenvalue weighted by atomic mass is 16.5. The van der Waals surface area contributed by atoms with Crippen LogP contribution in [-0.4, -0.2) is 31.3 Å². The lowest BCUT2D eigenvalue weighted by molar-refractivity contribution is -0.121. The van der Waals surface area contributed by atoms with Gasteiger partial charge >= 0.3 is 0 Å². The molecule has 0 heterocycles. The summed E-state index contributed by atoms with van der Waals surface area (Å²) in [6, 6.07) is 14.2. The summed E-state index contributed by atoms with van der Waals surface area (Å²) in [5.41, 5.74) is 2.21. The summed E-state index contributed by atoms with van der Waals surface area (Å²) < 4.78 is 5.10. The fourth-order valence-electron chi connectivity index (χ4n) is 2.59. The summed E-state index contributed by atoms with van der Waals surface area (Å²) in [4.78, 5) is 36.9. The third-order valence-corrected chi connectivity index (χ3v) is 4.18. The molecule has 0 atom stereocenters. The smallest absolute Gasteiger partial charge is 0.223 e. The molecule has 0 aliphatic carbocycles. The number of carbonyl (C=O) groups excluding carboxylic acids is 3. The topological polar surface area (TPSA) is 75.7 Å². The average Bonchev–Trinajstić information content (AvgIpc) is 2.67. The molecular weight excluding hydrogens is 344 g/mol. The fraction of sp³-hybridized carbons (Fsp3) is 0.286. The number of rotatable bonds is 8. The molecule has 2 aromatic carbocycles. The first kappa shape index (κ1) is 20.2. The predicted molar refractivity (Wildman–Crippen MR) is 104 cm³/mol. The van der Waals surface area contributed by atoms with Crippen molar-refractivity contribution in [3.63, 3.8) is 0 Å². The molecule has 0 fully saturated rings. The first-order valence-corrected chi connectivity index (χ1v) is 8.69. The van der Waals surface area contributed by atoms with E-state index < -0.39 is 0 Å². The standard InChI is InChI=1S/C21H24N2O4/c1-15(24)18-6-8-19(9-7-18)23(16(2)25)13-12-21(26)22-14-17-4-10-20(27-3)11-5-17/h4-11H,12-14H2,1-3H3,(H,22,26). The van der Waals surface area contributed by atoms with Crippen LogP contribution in [0.3, 0.4) is 0 Å². The van der Waals surface area contributed by atoms with Gasteiger partial charge in [0, 0.05) is 37.7 Å². The summed E-state index contributed by atoms with van der Waals surface area (Å²) in [6.07, 6.45) is 0.185. The van der Waals surface area contributed by atoms with E-state index in [0.29, 0.717) is 17.8 Å². The van der Waals surface area contributed by atoms with E-state index in [0.717, 1.165) is 11.3 Å². The number of benzene rings is 2. The predicted octanol–water partition coefficient (Wildman–Crippen LogP) is 2.96. The van der Waals surface area contributed by atoms with Crippen LogP contribution in [0.15, 0.2) is 48.5 Å². The van der Waals surface area contributed by atoms with Gasteiger partial charge in [0.1, 0.15) is 5.75 Å². The van der Waals surface area contributed by atoms with E-state index in [4.69, 9.17) is 4.74 Å². The van der Waals surface area contributed by atoms with E-state index in [1.807, 2.05) is 24.3 Å². The highest BCUT2D eigenvalue weighted by molar-refractivity contribution is 5.96. The fourth-order valence-corrected chi connectivity index (χ4v) is 2.59. The minimum atomic E-state index is -0.159. The minimum Gasteiger partial charge on any atom is -0.497 e. The third kappa shape index (κ3) is 5.95. The van der Waals surface area contributed by atoms with Crippen molar-refractivity contribution in [3.8, 4) is 5.75 Å². The lowest BCUT2D eigenvalue weighted by atomic mass is 10.1. The molecule has 0 saturated heterocycles. The second-order valence-electron chi connectivity index (χ2n) is 6.15. The first-order valence-electron chi connectivity index (χ1n) is 8.69. The number of ether oxygens (including phenoxy) is 1. The molecule has 6 nitrogen and oxygen atoms in total. The third-order valence-electron chi connectivity index (χ3n) is 4.18. The van der Waals surface area contributed by atoms with E-state index in [1.54, 1.807) is 31.4 Å². The normalized spacial score (nSPS) is 10.2. The summed E-state index contributed by atoms with van der Waals surface area (Å²) in [6.45, 7) is 3.62. The van der Waals surface area contributed by atoms with Crippen molar-refractivity contribution in [1.82, 2.24) is 5.32 Å². The van der Waals surface area contributed by atoms with E-state index in [-0.39, 0.29) is 30.6 Å². The second-order valence-corrected chi connectivity index (χ2v) is 6.15. The lowest BCUT2D eigenvalue weighted by Crippen LogP contribution is -2.33. The number of methoxy groups -OCH3 is 1. The Hall–Kier alpha value is -3.15. The zero-order chi connectivity index (χ0) is 19.8. The van der Waals surface area contributed by atoms with Crippen molar-refractivity contribution < 1.29 is 19.1 Å². The van der Waals surface area contributed by atoms with E-state index >= 15 is 0 Å². The molecule has 2 amide bonds. The van der Waals surface area contributed by atoms with Crippen LogP contribution in [0.4, 0.5) is 5.69 Å². The summed E-state index contributed by atoms with van der Waals surface area (Å²) in [7, 11) is 1.60. The molecule has 2 rings (SSSR count). The SMILES string of the molecule is COc1ccc(CNC(=O)CCN(C(C)=O)c2ccc(C(C)=O)cc2)cc1. The Labute approximate surface area is 159 Å². The highest BCUT2D eigenvalue weighted by Gasteiger charge is 2.14. The van der Waals surface area contributed by atoms with E-state index in [1.165, 1.54) is 18.7 Å². The molecule has 0 radical (unpaired) electrons. The molecule has 0 aliphatic heterocycles. The molecule has 1 N–H and O–H groups in total. The van der Waals surface area contributed by atoms with Crippen molar-refractivity contribution in [2.24, 2.45) is 0 Å². The van der Waals surface area contributed by atoms with Crippen molar-refractivity contribution in [3.05, 3.63) is 59.7 Å². The van der Waals surface area contributed by atoms with Crippen LogP contribution in [0.5, 0.6) is 5.75 Å². The zero-order valence-corrected chi connectivity index (χ0v) is 15.8. The van der Waals surface area contributed by atoms with Gasteiger partial charge in [-0.2, -0.15) is 0 Å². The molecule has 0 spiro atoms. The Morgan fingerprint density at radius 3 is 2.11 bits per heavy atom. The summed E-state index contributed by atoms with van der Waals surface area (Å²) >= 11 is 0. The molecule has 0 bridgehead atoms. The van der Waals surface area contributed by atoms with Gasteiger partial charge in [-0.1, -0.05) is 12.1 Å². The number of hydrogen-bond donors (Lipinski definition) is 1. The molecule has 6 heteroatoms. The Morgan fingerprint density at radius 1 is 0.963 bits per heavy atom. The molecule has 0 saturated carbocycles. The molecule has 0 aromatic heterocycles. The van der Waals surface area contributed by atoms with Crippen LogP contribution in [-0.2, 0) is 16.1 Å². The lowest BCUT2D eigenvalue weighted by Gasteiger charge is -2.21. The van der Waals surface area contributed by atoms with E-state index in [9.17, 15) is 14.4 Å². The van der Waals surface area contributed by atoms with Crippen molar-refractivity contribution in [2.45, 2.75) is 26.8 Å². The largest absolute Gasteiger partial charge is 0.497 e. The molecule has 142 valence electrons. The maximum absolute atomic E-state index is 12.1. The molecule has 0 unspecified atom stereocenters. The number of ketones is 1. The van der Waals surface area contributed by atoms with Gasteiger partial charge in [-0.3, -0.25) is 14.4 Å². The number of nitrogens with one attached hydrogen (secondary N) is 1. The second kappa shape index (κ2) is 9.52. The Morgan fingerprint density at radius 2 is 1.59 bits per heavy atom. The van der Waals surface area contributed by atoms with Gasteiger partial charge in [-0.15, -0.1) is 0 Å². The minimum absolute atomic E-state index is 0.0335. The number of Topliss-reactive ketones (excluding diaryl/α,β-unsaturated/α-hetero) is 1. The molecule has 27 heavy (non-hydrogen) atoms. The van der Waals surface area contributed by atoms with Crippen LogP contribution in [0.25, 0.3) is 0 Å². The summed E-state index contributed by atoms with van der Waals surface area (Å²) in [5.74, 6) is 0.428. The van der Waals surface area contributed by atoms with Gasteiger partial charge in [0.2, 0.25) is 11.8 Å². The Kier molecular flexibility index (Phi) is 7.11. The molecule has 0 aliphatic rings. The van der Waals surface area contributed by atoms with Crippen molar-refractivity contribution >= 4 is 23.3 Å². The number of carbonyl (C=O) groups is 3. The maximum atomic E-state index is 12.1. The van der Waals surface area contributed by atoms with Gasteiger partial charge in [0.15, 0.2) is 5.78 Å². The van der Waals surface area contributed by atoms with Crippen molar-refractivity contribution in [1.29, 1.82) is 0 Å². The van der Waals surface area contributed by atoms with Gasteiger partial charge in [-0.25, -0.2) is 0 Å². The number of amides is 2. The van der Waals surface area contributed by atoms with Gasteiger partial charge in [0.05, 0.1) is 7.11 Å². The van der Waals surface area contributed by atoms with Crippen LogP contribution >= 0.6 is 0 Å². The zero-order valence-electron chi connectivity index (χ0n) is 15.8. The highest BCUT2D eigenvalue weighted by Crippen LogP contribution is 2.16. The monoisotopic (exact) mass is 368 g/mol. The maximum Gasteiger partial charge on any atom is 0.223 e. The number of hydrogen-bond acceptors (Lipinski definition) is 4. The van der Waals surface area contributed by atoms with Crippen molar-refractivity contribution in [2.75, 3.05) is 18.6 Å². The molecular formula is C21H24N2O4. The van der Waals surface area contributed by atoms with Crippen LogP contribution < -0.4 is 15.0 Å². The van der Waals surface area contributed by atoms with Crippen LogP contribution in [0.2, 0.25) is 0 Å². The number of anilines is 1. The Balaban J connectivity index is 1.89. The van der Waals surface area contributed by atoms with Gasteiger partial charge < -0.3 is 15.0 Å². The van der Waals surface area contributed by atoms with Crippen LogP contribution in [0, 0.1) is 0 Å². The Bertz CT molecular complexity index is 798. The van der Waals surface area contributed by atoms with Gasteiger partial charge in [-0.05, 0) is 48.9 Å². The van der Waals surface area contributed by atoms with Crippen LogP contribution in [0.1, 0.15) is 36.2 Å². The summed E-state index contributed by atoms with van der Waals surface area (Å²) in [5, 5.41) is 2.84. The first-order chi connectivity index (χ1) is 12.9. The number of nitrogens with zero attached hydrogens (tertiary/aromatic N) is 1. The quantitative estimate of drug-likeness (QED) is 0.727. The van der Waals surface area contributed by atoms with E-state index in [2.05, 4.69) is 5.32 Å². The average molecular weight is 368 g/mol.